The molecule has 2 saturated heterocycles. The third kappa shape index (κ3) is 7.97. The first-order chi connectivity index (χ1) is 19.5. The van der Waals surface area contributed by atoms with E-state index in [0.29, 0.717) is 0 Å². The van der Waals surface area contributed by atoms with Crippen molar-refractivity contribution in [2.45, 2.75) is 68.5 Å². The van der Waals surface area contributed by atoms with Gasteiger partial charge in [0.2, 0.25) is 0 Å². The van der Waals surface area contributed by atoms with E-state index in [2.05, 4.69) is 10.0 Å². The van der Waals surface area contributed by atoms with Gasteiger partial charge in [-0.3, -0.25) is 0 Å². The molecule has 40 heavy (non-hydrogen) atoms. The third-order valence-electron chi connectivity index (χ3n) is 6.65. The fraction of sp³-hybridized carbons (Fsp3) is 0.556. The van der Waals surface area contributed by atoms with Crippen molar-refractivity contribution in [1.82, 2.24) is 0 Å². The van der Waals surface area contributed by atoms with Crippen LogP contribution < -0.4 is 0 Å². The summed E-state index contributed by atoms with van der Waals surface area (Å²) in [5, 5.41) is 45.9. The zero-order valence-corrected chi connectivity index (χ0v) is 21.8. The Morgan fingerprint density at radius 2 is 1.45 bits per heavy atom. The minimum atomic E-state index is -1.52. The normalized spacial score (nSPS) is 32.4. The Morgan fingerprint density at radius 3 is 2.08 bits per heavy atom. The summed E-state index contributed by atoms with van der Waals surface area (Å²) in [4.78, 5) is 2.63. The lowest BCUT2D eigenvalue weighted by molar-refractivity contribution is -0.352. The number of aliphatic hydroxyl groups excluding tert-OH is 4. The molecule has 0 saturated carbocycles. The van der Waals surface area contributed by atoms with Gasteiger partial charge >= 0.3 is 0 Å². The van der Waals surface area contributed by atoms with Crippen molar-refractivity contribution in [1.29, 1.82) is 0 Å². The number of hydrogen-bond acceptors (Lipinski definition) is 11. The molecule has 2 aromatic rings. The molecule has 2 fully saturated rings. The van der Waals surface area contributed by atoms with E-state index in [9.17, 15) is 20.4 Å². The number of azide groups is 1. The molecule has 0 spiro atoms. The number of aliphatic hydroxyl groups is 4. The summed E-state index contributed by atoms with van der Waals surface area (Å²) in [7, 11) is 0. The minimum absolute atomic E-state index is 0.00104. The Labute approximate surface area is 231 Å². The molecule has 13 heteroatoms. The smallest absolute Gasteiger partial charge is 0.186 e. The van der Waals surface area contributed by atoms with Crippen LogP contribution in [0.2, 0.25) is 0 Å². The van der Waals surface area contributed by atoms with Gasteiger partial charge in [-0.15, -0.1) is 0 Å². The van der Waals surface area contributed by atoms with Crippen LogP contribution in [0.5, 0.6) is 0 Å². The molecule has 4 rings (SSSR count). The summed E-state index contributed by atoms with van der Waals surface area (Å²) in [5.74, 6) is 0. The SMILES string of the molecule is [N-]=[N+]=NCCO[C@@H]1OC(CO)[C@@H](O)C(O[C@H]2OC[C@@H](OCc3ccccc3)C(OCc3ccccc3)C2O)C1O. The highest BCUT2D eigenvalue weighted by atomic mass is 16.7. The third-order valence-corrected chi connectivity index (χ3v) is 6.65. The summed E-state index contributed by atoms with van der Waals surface area (Å²) < 4.78 is 34.7. The number of rotatable bonds is 13. The van der Waals surface area contributed by atoms with Crippen LogP contribution in [0.3, 0.4) is 0 Å². The van der Waals surface area contributed by atoms with Crippen LogP contribution >= 0.6 is 0 Å². The van der Waals surface area contributed by atoms with E-state index in [1.807, 2.05) is 60.7 Å². The van der Waals surface area contributed by atoms with Crippen molar-refractivity contribution in [3.05, 3.63) is 82.2 Å². The van der Waals surface area contributed by atoms with Crippen LogP contribution in [0, 0.1) is 0 Å². The lowest BCUT2D eigenvalue weighted by atomic mass is 9.98. The van der Waals surface area contributed by atoms with Gasteiger partial charge < -0.3 is 48.8 Å². The molecule has 0 bridgehead atoms. The van der Waals surface area contributed by atoms with Gasteiger partial charge in [0.1, 0.15) is 42.7 Å². The van der Waals surface area contributed by atoms with Crippen molar-refractivity contribution in [3.8, 4) is 0 Å². The van der Waals surface area contributed by atoms with Crippen LogP contribution in [-0.2, 0) is 41.6 Å². The van der Waals surface area contributed by atoms with Crippen molar-refractivity contribution in [3.63, 3.8) is 0 Å². The van der Waals surface area contributed by atoms with Gasteiger partial charge in [-0.05, 0) is 16.7 Å². The summed E-state index contributed by atoms with van der Waals surface area (Å²) in [6.45, 7) is -0.226. The Balaban J connectivity index is 1.45. The molecule has 2 heterocycles. The maximum atomic E-state index is 11.3. The van der Waals surface area contributed by atoms with Gasteiger partial charge in [0, 0.05) is 11.5 Å². The maximum Gasteiger partial charge on any atom is 0.186 e. The fourth-order valence-corrected chi connectivity index (χ4v) is 4.53. The maximum absolute atomic E-state index is 11.3. The minimum Gasteiger partial charge on any atom is -0.394 e. The van der Waals surface area contributed by atoms with Crippen molar-refractivity contribution >= 4 is 0 Å². The van der Waals surface area contributed by atoms with Crippen LogP contribution in [0.25, 0.3) is 10.4 Å². The number of nitrogens with zero attached hydrogens (tertiary/aromatic N) is 3. The number of hydrogen-bond donors (Lipinski definition) is 4. The van der Waals surface area contributed by atoms with Gasteiger partial charge in [-0.25, -0.2) is 0 Å². The lowest BCUT2D eigenvalue weighted by Gasteiger charge is -2.45. The van der Waals surface area contributed by atoms with E-state index in [4.69, 9.17) is 34.0 Å². The second-order valence-electron chi connectivity index (χ2n) is 9.42. The zero-order valence-electron chi connectivity index (χ0n) is 21.8. The number of benzene rings is 2. The average Bonchev–Trinajstić information content (AvgIpc) is 2.98. The second-order valence-corrected chi connectivity index (χ2v) is 9.42. The van der Waals surface area contributed by atoms with Gasteiger partial charge in [-0.1, -0.05) is 65.8 Å². The Bertz CT molecular complexity index is 1060. The average molecular weight is 562 g/mol. The second kappa shape index (κ2) is 15.4. The molecular formula is C27H35N3O10. The van der Waals surface area contributed by atoms with Gasteiger partial charge in [0.05, 0.1) is 33.0 Å². The van der Waals surface area contributed by atoms with Crippen LogP contribution in [0.15, 0.2) is 65.8 Å². The summed E-state index contributed by atoms with van der Waals surface area (Å²) in [5.41, 5.74) is 10.3. The molecule has 0 aromatic heterocycles. The highest BCUT2D eigenvalue weighted by molar-refractivity contribution is 5.14. The molecule has 0 amide bonds. The monoisotopic (exact) mass is 561 g/mol. The van der Waals surface area contributed by atoms with Crippen molar-refractivity contribution in [2.75, 3.05) is 26.4 Å². The Kier molecular flexibility index (Phi) is 11.7. The van der Waals surface area contributed by atoms with Crippen molar-refractivity contribution < 1.29 is 48.8 Å². The molecule has 13 nitrogen and oxygen atoms in total. The molecule has 2 aliphatic heterocycles. The molecule has 0 aliphatic carbocycles. The molecular weight excluding hydrogens is 526 g/mol. The van der Waals surface area contributed by atoms with Gasteiger partial charge in [0.25, 0.3) is 0 Å². The molecule has 2 aromatic carbocycles. The van der Waals surface area contributed by atoms with Crippen LogP contribution in [0.4, 0.5) is 0 Å². The zero-order chi connectivity index (χ0) is 28.3. The van der Waals surface area contributed by atoms with E-state index in [-0.39, 0.29) is 33.0 Å². The highest BCUT2D eigenvalue weighted by Gasteiger charge is 2.50. The van der Waals surface area contributed by atoms with Gasteiger partial charge in [0.15, 0.2) is 12.6 Å². The van der Waals surface area contributed by atoms with Crippen LogP contribution in [-0.4, -0.2) is 102 Å². The quantitative estimate of drug-likeness (QED) is 0.119. The predicted molar refractivity (Wildman–Crippen MR) is 138 cm³/mol. The fourth-order valence-electron chi connectivity index (χ4n) is 4.53. The summed E-state index contributed by atoms with van der Waals surface area (Å²) >= 11 is 0. The first kappa shape index (κ1) is 30.3. The molecule has 2 aliphatic rings. The predicted octanol–water partition coefficient (Wildman–Crippen LogP) is 1.03. The standard InChI is InChI=1S/C27H35N3O10/c28-30-29-11-12-35-26-23(34)25(21(32)19(13-31)39-26)40-27-22(33)24(37-15-18-9-5-2-6-10-18)20(16-38-27)36-14-17-7-3-1-4-8-17/h1-10,19-27,31-34H,11-16H2/t19?,20-,21-,22?,23?,24?,25?,26-,27-/m1/s1. The van der Waals surface area contributed by atoms with E-state index in [0.717, 1.165) is 11.1 Å². The first-order valence-electron chi connectivity index (χ1n) is 13.0. The topological polar surface area (TPSA) is 185 Å². The van der Waals surface area contributed by atoms with E-state index in [1.165, 1.54) is 0 Å². The Morgan fingerprint density at radius 1 is 0.825 bits per heavy atom. The lowest BCUT2D eigenvalue weighted by Crippen LogP contribution is -2.63. The summed E-state index contributed by atoms with van der Waals surface area (Å²) in [6.07, 6.45) is -11.0. The molecule has 0 radical (unpaired) electrons. The van der Waals surface area contributed by atoms with Crippen molar-refractivity contribution in [2.24, 2.45) is 5.11 Å². The summed E-state index contributed by atoms with van der Waals surface area (Å²) in [6, 6.07) is 19.0. The van der Waals surface area contributed by atoms with E-state index < -0.39 is 61.9 Å². The molecule has 5 unspecified atom stereocenters. The van der Waals surface area contributed by atoms with E-state index in [1.54, 1.807) is 0 Å². The van der Waals surface area contributed by atoms with E-state index >= 15 is 0 Å². The molecule has 218 valence electrons. The largest absolute Gasteiger partial charge is 0.394 e. The van der Waals surface area contributed by atoms with Gasteiger partial charge in [-0.2, -0.15) is 0 Å². The molecule has 4 N–H and O–H groups in total. The first-order valence-corrected chi connectivity index (χ1v) is 13.0. The number of ether oxygens (including phenoxy) is 6. The highest BCUT2D eigenvalue weighted by Crippen LogP contribution is 2.30. The van der Waals surface area contributed by atoms with Crippen LogP contribution in [0.1, 0.15) is 11.1 Å². The molecule has 9 atom stereocenters. The Hall–Kier alpha value is -2.65.